The molecule has 0 atom stereocenters. The first-order valence-electron chi connectivity index (χ1n) is 11.7. The van der Waals surface area contributed by atoms with Crippen LogP contribution < -0.4 is 11.1 Å². The number of benzene rings is 2. The molecule has 0 saturated heterocycles. The van der Waals surface area contributed by atoms with Gasteiger partial charge in [0.2, 0.25) is 5.91 Å². The molecule has 1 saturated carbocycles. The Morgan fingerprint density at radius 2 is 1.69 bits per heavy atom. The molecule has 32 heavy (non-hydrogen) atoms. The van der Waals surface area contributed by atoms with E-state index in [1.807, 2.05) is 24.3 Å². The van der Waals surface area contributed by atoms with Gasteiger partial charge in [-0.1, -0.05) is 61.7 Å². The van der Waals surface area contributed by atoms with Crippen LogP contribution in [0.3, 0.4) is 0 Å². The standard InChI is InChI=1S/C27H32N4O/c28-19-26(32)29-23-16-14-21(15-17-23)25-18-24(13-7-10-20-8-3-1-4-9-20)30-27(31-25)22-11-5-2-6-12-22/h1,3-4,8-9,14-18,22H,2,5-7,10-13,19,28H2,(H,29,32). The average Bonchev–Trinajstić information content (AvgIpc) is 2.85. The van der Waals surface area contributed by atoms with E-state index in [0.717, 1.165) is 47.7 Å². The molecule has 0 radical (unpaired) electrons. The number of anilines is 1. The summed E-state index contributed by atoms with van der Waals surface area (Å²) in [6.07, 6.45) is 9.25. The number of hydrogen-bond acceptors (Lipinski definition) is 4. The zero-order valence-corrected chi connectivity index (χ0v) is 18.6. The van der Waals surface area contributed by atoms with Crippen molar-refractivity contribution in [3.05, 3.63) is 77.7 Å². The summed E-state index contributed by atoms with van der Waals surface area (Å²) in [5, 5.41) is 2.79. The Hall–Kier alpha value is -3.05. The van der Waals surface area contributed by atoms with Crippen molar-refractivity contribution < 1.29 is 4.79 Å². The molecule has 0 aliphatic heterocycles. The lowest BCUT2D eigenvalue weighted by Crippen LogP contribution is -2.21. The van der Waals surface area contributed by atoms with E-state index >= 15 is 0 Å². The topological polar surface area (TPSA) is 80.9 Å². The molecule has 0 spiro atoms. The van der Waals surface area contributed by atoms with Crippen molar-refractivity contribution in [2.24, 2.45) is 5.73 Å². The van der Waals surface area contributed by atoms with E-state index in [2.05, 4.69) is 41.7 Å². The minimum atomic E-state index is -0.194. The molecule has 1 heterocycles. The lowest BCUT2D eigenvalue weighted by molar-refractivity contribution is -0.114. The maximum Gasteiger partial charge on any atom is 0.238 e. The molecule has 3 N–H and O–H groups in total. The van der Waals surface area contributed by atoms with Gasteiger partial charge in [-0.2, -0.15) is 0 Å². The first-order valence-corrected chi connectivity index (χ1v) is 11.7. The molecule has 0 unspecified atom stereocenters. The lowest BCUT2D eigenvalue weighted by atomic mass is 9.88. The molecular formula is C27H32N4O. The van der Waals surface area contributed by atoms with Gasteiger partial charge in [-0.3, -0.25) is 4.79 Å². The Labute approximate surface area is 190 Å². The van der Waals surface area contributed by atoms with Gasteiger partial charge in [0.25, 0.3) is 0 Å². The maximum absolute atomic E-state index is 11.5. The van der Waals surface area contributed by atoms with Crippen LogP contribution in [0.1, 0.15) is 61.5 Å². The fourth-order valence-electron chi connectivity index (χ4n) is 4.39. The monoisotopic (exact) mass is 428 g/mol. The summed E-state index contributed by atoms with van der Waals surface area (Å²) in [6.45, 7) is -0.0231. The smallest absolute Gasteiger partial charge is 0.238 e. The molecule has 3 aromatic rings. The van der Waals surface area contributed by atoms with Crippen LogP contribution in [0, 0.1) is 0 Å². The summed E-state index contributed by atoms with van der Waals surface area (Å²) in [4.78, 5) is 21.5. The van der Waals surface area contributed by atoms with Crippen LogP contribution in [0.5, 0.6) is 0 Å². The number of aryl methyl sites for hydroxylation is 2. The second kappa shape index (κ2) is 11.0. The van der Waals surface area contributed by atoms with Gasteiger partial charge in [-0.25, -0.2) is 9.97 Å². The quantitative estimate of drug-likeness (QED) is 0.512. The minimum Gasteiger partial charge on any atom is -0.325 e. The molecular weight excluding hydrogens is 396 g/mol. The van der Waals surface area contributed by atoms with Crippen LogP contribution in [0.25, 0.3) is 11.3 Å². The molecule has 2 aromatic carbocycles. The van der Waals surface area contributed by atoms with E-state index in [0.29, 0.717) is 5.92 Å². The summed E-state index contributed by atoms with van der Waals surface area (Å²) in [5.74, 6) is 1.26. The SMILES string of the molecule is NCC(=O)Nc1ccc(-c2cc(CCCc3ccccc3)nc(C3CCCCC3)n2)cc1. The van der Waals surface area contributed by atoms with Crippen LogP contribution >= 0.6 is 0 Å². The van der Waals surface area contributed by atoms with E-state index in [9.17, 15) is 4.79 Å². The molecule has 1 aliphatic carbocycles. The van der Waals surface area contributed by atoms with Crippen LogP contribution in [-0.2, 0) is 17.6 Å². The van der Waals surface area contributed by atoms with Crippen LogP contribution in [0.4, 0.5) is 5.69 Å². The minimum absolute atomic E-state index is 0.0231. The Morgan fingerprint density at radius 1 is 0.938 bits per heavy atom. The van der Waals surface area contributed by atoms with Gasteiger partial charge in [0.15, 0.2) is 0 Å². The third-order valence-electron chi connectivity index (χ3n) is 6.16. The first-order chi connectivity index (χ1) is 15.7. The molecule has 166 valence electrons. The van der Waals surface area contributed by atoms with Gasteiger partial charge in [0.05, 0.1) is 12.2 Å². The maximum atomic E-state index is 11.5. The molecule has 1 fully saturated rings. The van der Waals surface area contributed by atoms with E-state index in [-0.39, 0.29) is 12.5 Å². The number of amides is 1. The summed E-state index contributed by atoms with van der Waals surface area (Å²) < 4.78 is 0. The fraction of sp³-hybridized carbons (Fsp3) is 0.370. The zero-order chi connectivity index (χ0) is 22.2. The van der Waals surface area contributed by atoms with Crippen LogP contribution in [0.2, 0.25) is 0 Å². The normalized spacial score (nSPS) is 14.3. The van der Waals surface area contributed by atoms with Crippen molar-refractivity contribution in [1.82, 2.24) is 9.97 Å². The molecule has 1 amide bonds. The Morgan fingerprint density at radius 3 is 2.41 bits per heavy atom. The van der Waals surface area contributed by atoms with E-state index in [1.165, 1.54) is 37.7 Å². The number of hydrogen-bond donors (Lipinski definition) is 2. The Balaban J connectivity index is 1.54. The highest BCUT2D eigenvalue weighted by Crippen LogP contribution is 2.32. The number of carbonyl (C=O) groups excluding carboxylic acids is 1. The van der Waals surface area contributed by atoms with E-state index in [4.69, 9.17) is 15.7 Å². The second-order valence-electron chi connectivity index (χ2n) is 8.61. The van der Waals surface area contributed by atoms with Crippen molar-refractivity contribution in [3.63, 3.8) is 0 Å². The molecule has 4 rings (SSSR count). The van der Waals surface area contributed by atoms with E-state index < -0.39 is 0 Å². The number of nitrogens with two attached hydrogens (primary N) is 1. The highest BCUT2D eigenvalue weighted by Gasteiger charge is 2.20. The average molecular weight is 429 g/mol. The highest BCUT2D eigenvalue weighted by molar-refractivity contribution is 5.92. The number of aromatic nitrogens is 2. The first kappa shape index (κ1) is 22.2. The van der Waals surface area contributed by atoms with Gasteiger partial charge >= 0.3 is 0 Å². The van der Waals surface area contributed by atoms with Gasteiger partial charge in [-0.15, -0.1) is 0 Å². The van der Waals surface area contributed by atoms with Crippen molar-refractivity contribution in [3.8, 4) is 11.3 Å². The Bertz CT molecular complexity index is 1010. The summed E-state index contributed by atoms with van der Waals surface area (Å²) in [6, 6.07) is 20.6. The van der Waals surface area contributed by atoms with Crippen LogP contribution in [0.15, 0.2) is 60.7 Å². The largest absolute Gasteiger partial charge is 0.325 e. The van der Waals surface area contributed by atoms with Crippen LogP contribution in [-0.4, -0.2) is 22.4 Å². The summed E-state index contributed by atoms with van der Waals surface area (Å²) >= 11 is 0. The van der Waals surface area contributed by atoms with Gasteiger partial charge in [-0.05, 0) is 55.9 Å². The zero-order valence-electron chi connectivity index (χ0n) is 18.6. The van der Waals surface area contributed by atoms with Gasteiger partial charge in [0.1, 0.15) is 5.82 Å². The molecule has 1 aromatic heterocycles. The third kappa shape index (κ3) is 6.01. The number of rotatable bonds is 8. The lowest BCUT2D eigenvalue weighted by Gasteiger charge is -2.21. The van der Waals surface area contributed by atoms with Crippen molar-refractivity contribution in [2.45, 2.75) is 57.3 Å². The molecule has 0 bridgehead atoms. The Kier molecular flexibility index (Phi) is 7.62. The predicted octanol–water partition coefficient (Wildman–Crippen LogP) is 5.26. The summed E-state index contributed by atoms with van der Waals surface area (Å²) in [5.41, 5.74) is 10.6. The second-order valence-corrected chi connectivity index (χ2v) is 8.61. The highest BCUT2D eigenvalue weighted by atomic mass is 16.1. The van der Waals surface area contributed by atoms with Crippen molar-refractivity contribution in [2.75, 3.05) is 11.9 Å². The van der Waals surface area contributed by atoms with Gasteiger partial charge in [0, 0.05) is 22.9 Å². The van der Waals surface area contributed by atoms with Crippen molar-refractivity contribution >= 4 is 11.6 Å². The number of nitrogens with one attached hydrogen (secondary N) is 1. The number of nitrogens with zero attached hydrogens (tertiary/aromatic N) is 2. The number of carbonyl (C=O) groups is 1. The molecule has 5 nitrogen and oxygen atoms in total. The predicted molar refractivity (Wildman–Crippen MR) is 129 cm³/mol. The molecule has 5 heteroatoms. The molecule has 1 aliphatic rings. The fourth-order valence-corrected chi connectivity index (χ4v) is 4.39. The summed E-state index contributed by atoms with van der Waals surface area (Å²) in [7, 11) is 0. The third-order valence-corrected chi connectivity index (χ3v) is 6.16. The van der Waals surface area contributed by atoms with Gasteiger partial charge < -0.3 is 11.1 Å². The van der Waals surface area contributed by atoms with Crippen molar-refractivity contribution in [1.29, 1.82) is 0 Å². The van der Waals surface area contributed by atoms with E-state index in [1.54, 1.807) is 0 Å².